The average molecular weight is 353 g/mol. The van der Waals surface area contributed by atoms with E-state index in [-0.39, 0.29) is 0 Å². The molecule has 1 aliphatic carbocycles. The van der Waals surface area contributed by atoms with E-state index in [0.29, 0.717) is 0 Å². The third-order valence-electron chi connectivity index (χ3n) is 6.89. The quantitative estimate of drug-likeness (QED) is 0.196. The molecule has 1 nitrogen and oxygen atoms in total. The Morgan fingerprint density at radius 3 is 1.56 bits per heavy atom. The van der Waals surface area contributed by atoms with Gasteiger partial charge in [0.2, 0.25) is 0 Å². The van der Waals surface area contributed by atoms with Gasteiger partial charge in [-0.3, -0.25) is 0 Å². The van der Waals surface area contributed by atoms with Crippen molar-refractivity contribution >= 4 is 0 Å². The lowest BCUT2D eigenvalue weighted by atomic mass is 9.91. The molecule has 0 heterocycles. The Morgan fingerprint density at radius 2 is 1.04 bits per heavy atom. The number of hydrogen-bond donors (Lipinski definition) is 0. The summed E-state index contributed by atoms with van der Waals surface area (Å²) in [6.45, 7) is 11.4. The van der Waals surface area contributed by atoms with Crippen molar-refractivity contribution in [2.75, 3.05) is 19.6 Å². The summed E-state index contributed by atoms with van der Waals surface area (Å²) in [6, 6.07) is 0.990. The van der Waals surface area contributed by atoms with Crippen molar-refractivity contribution < 1.29 is 4.48 Å². The van der Waals surface area contributed by atoms with E-state index in [1.807, 2.05) is 0 Å². The first-order chi connectivity index (χ1) is 12.3. The molecule has 1 aliphatic rings. The molecule has 0 aromatic carbocycles. The van der Waals surface area contributed by atoms with Crippen LogP contribution in [0.3, 0.4) is 0 Å². The molecule has 0 aliphatic heterocycles. The third kappa shape index (κ3) is 9.45. The topological polar surface area (TPSA) is 0 Å². The molecular weight excluding hydrogens is 302 g/mol. The molecule has 25 heavy (non-hydrogen) atoms. The highest BCUT2D eigenvalue weighted by molar-refractivity contribution is 4.68. The van der Waals surface area contributed by atoms with Gasteiger partial charge >= 0.3 is 0 Å². The van der Waals surface area contributed by atoms with E-state index in [4.69, 9.17) is 0 Å². The van der Waals surface area contributed by atoms with Crippen molar-refractivity contribution in [3.05, 3.63) is 0 Å². The summed E-state index contributed by atoms with van der Waals surface area (Å²) < 4.78 is 1.46. The van der Waals surface area contributed by atoms with E-state index in [9.17, 15) is 0 Å². The van der Waals surface area contributed by atoms with Gasteiger partial charge in [-0.25, -0.2) is 0 Å². The SMILES string of the molecule is CCCCCCCCCCCC[N+](CC)(CCCC)C1CCCCC1. The molecule has 1 atom stereocenters. The Morgan fingerprint density at radius 1 is 0.560 bits per heavy atom. The summed E-state index contributed by atoms with van der Waals surface area (Å²) in [5.41, 5.74) is 0. The summed E-state index contributed by atoms with van der Waals surface area (Å²) in [7, 11) is 0. The van der Waals surface area contributed by atoms with Crippen molar-refractivity contribution in [2.24, 2.45) is 0 Å². The van der Waals surface area contributed by atoms with Gasteiger partial charge in [0.25, 0.3) is 0 Å². The average Bonchev–Trinajstić information content (AvgIpc) is 2.66. The minimum Gasteiger partial charge on any atom is -0.321 e. The maximum atomic E-state index is 2.47. The normalized spacial score (nSPS) is 18.4. The molecule has 0 aromatic rings. The predicted molar refractivity (Wildman–Crippen MR) is 114 cm³/mol. The minimum absolute atomic E-state index is 0.990. The highest BCUT2D eigenvalue weighted by atomic mass is 15.4. The van der Waals surface area contributed by atoms with E-state index in [0.717, 1.165) is 6.04 Å². The van der Waals surface area contributed by atoms with E-state index in [1.165, 1.54) is 133 Å². The summed E-state index contributed by atoms with van der Waals surface area (Å²) in [4.78, 5) is 0. The number of hydrogen-bond acceptors (Lipinski definition) is 0. The van der Waals surface area contributed by atoms with Crippen molar-refractivity contribution in [2.45, 2.75) is 136 Å². The summed E-state index contributed by atoms with van der Waals surface area (Å²) in [6.07, 6.45) is 24.9. The Balaban J connectivity index is 2.23. The number of unbranched alkanes of at least 4 members (excludes halogenated alkanes) is 10. The van der Waals surface area contributed by atoms with Gasteiger partial charge in [-0.2, -0.15) is 0 Å². The molecule has 1 fully saturated rings. The zero-order valence-corrected chi connectivity index (χ0v) is 18.2. The van der Waals surface area contributed by atoms with Crippen LogP contribution in [0.4, 0.5) is 0 Å². The van der Waals surface area contributed by atoms with Crippen molar-refractivity contribution in [3.8, 4) is 0 Å². The second-order valence-corrected chi connectivity index (χ2v) is 8.81. The highest BCUT2D eigenvalue weighted by Gasteiger charge is 2.35. The highest BCUT2D eigenvalue weighted by Crippen LogP contribution is 2.30. The van der Waals surface area contributed by atoms with Gasteiger partial charge in [0.15, 0.2) is 0 Å². The van der Waals surface area contributed by atoms with Gasteiger partial charge in [-0.15, -0.1) is 0 Å². The van der Waals surface area contributed by atoms with Crippen molar-refractivity contribution in [1.82, 2.24) is 0 Å². The van der Waals surface area contributed by atoms with Crippen LogP contribution in [-0.2, 0) is 0 Å². The first-order valence-electron chi connectivity index (χ1n) is 12.1. The minimum atomic E-state index is 0.990. The van der Waals surface area contributed by atoms with Crippen LogP contribution in [0, 0.1) is 0 Å². The Kier molecular flexibility index (Phi) is 13.9. The molecule has 150 valence electrons. The van der Waals surface area contributed by atoms with Crippen LogP contribution in [0.15, 0.2) is 0 Å². The second-order valence-electron chi connectivity index (χ2n) is 8.81. The lowest BCUT2D eigenvalue weighted by Crippen LogP contribution is -2.57. The maximum absolute atomic E-state index is 2.47. The first-order valence-corrected chi connectivity index (χ1v) is 12.1. The van der Waals surface area contributed by atoms with E-state index in [1.54, 1.807) is 0 Å². The third-order valence-corrected chi connectivity index (χ3v) is 6.89. The Bertz CT molecular complexity index is 282. The summed E-state index contributed by atoms with van der Waals surface area (Å²) in [5.74, 6) is 0. The van der Waals surface area contributed by atoms with Crippen LogP contribution in [0.2, 0.25) is 0 Å². The number of quaternary nitrogens is 1. The molecular formula is C24H50N+. The largest absolute Gasteiger partial charge is 0.321 e. The van der Waals surface area contributed by atoms with Gasteiger partial charge in [-0.05, 0) is 51.9 Å². The second kappa shape index (κ2) is 15.1. The van der Waals surface area contributed by atoms with Gasteiger partial charge in [0.1, 0.15) is 0 Å². The molecule has 0 aromatic heterocycles. The fourth-order valence-corrected chi connectivity index (χ4v) is 5.07. The van der Waals surface area contributed by atoms with Gasteiger partial charge in [-0.1, -0.05) is 78.1 Å². The van der Waals surface area contributed by atoms with Gasteiger partial charge < -0.3 is 4.48 Å². The molecule has 0 amide bonds. The fraction of sp³-hybridized carbons (Fsp3) is 1.00. The standard InChI is InChI=1S/C24H50N/c1-4-7-9-10-11-12-13-14-15-19-23-25(6-3,22-8-5-2)24-20-17-16-18-21-24/h24H,4-23H2,1-3H3/q+1. The molecule has 0 saturated heterocycles. The molecule has 1 heteroatoms. The lowest BCUT2D eigenvalue weighted by Gasteiger charge is -2.46. The van der Waals surface area contributed by atoms with Crippen LogP contribution in [0.25, 0.3) is 0 Å². The van der Waals surface area contributed by atoms with Crippen LogP contribution in [0.1, 0.15) is 130 Å². The lowest BCUT2D eigenvalue weighted by molar-refractivity contribution is -0.951. The van der Waals surface area contributed by atoms with Gasteiger partial charge in [0.05, 0.1) is 25.7 Å². The first kappa shape index (κ1) is 23.0. The molecule has 1 rings (SSSR count). The van der Waals surface area contributed by atoms with Crippen LogP contribution in [-0.4, -0.2) is 30.2 Å². The van der Waals surface area contributed by atoms with Crippen LogP contribution in [0.5, 0.6) is 0 Å². The molecule has 0 N–H and O–H groups in total. The molecule has 0 bridgehead atoms. The van der Waals surface area contributed by atoms with Crippen LogP contribution < -0.4 is 0 Å². The van der Waals surface area contributed by atoms with Crippen LogP contribution >= 0.6 is 0 Å². The number of nitrogens with zero attached hydrogens (tertiary/aromatic N) is 1. The predicted octanol–water partition coefficient (Wildman–Crippen LogP) is 7.88. The summed E-state index contributed by atoms with van der Waals surface area (Å²) in [5, 5.41) is 0. The zero-order chi connectivity index (χ0) is 18.2. The number of rotatable bonds is 16. The zero-order valence-electron chi connectivity index (χ0n) is 18.2. The maximum Gasteiger partial charge on any atom is 0.0890 e. The Hall–Kier alpha value is -0.0400. The molecule has 1 saturated carbocycles. The van der Waals surface area contributed by atoms with Crippen molar-refractivity contribution in [3.63, 3.8) is 0 Å². The monoisotopic (exact) mass is 352 g/mol. The van der Waals surface area contributed by atoms with E-state index < -0.39 is 0 Å². The summed E-state index contributed by atoms with van der Waals surface area (Å²) >= 11 is 0. The van der Waals surface area contributed by atoms with E-state index in [2.05, 4.69) is 20.8 Å². The fourth-order valence-electron chi connectivity index (χ4n) is 5.07. The van der Waals surface area contributed by atoms with E-state index >= 15 is 0 Å². The van der Waals surface area contributed by atoms with Crippen molar-refractivity contribution in [1.29, 1.82) is 0 Å². The Labute approximate surface area is 160 Å². The van der Waals surface area contributed by atoms with Gasteiger partial charge in [0, 0.05) is 0 Å². The smallest absolute Gasteiger partial charge is 0.0890 e. The molecule has 0 spiro atoms. The molecule has 0 radical (unpaired) electrons. The molecule has 1 unspecified atom stereocenters.